The van der Waals surface area contributed by atoms with E-state index < -0.39 is 17.8 Å². The first kappa shape index (κ1) is 25.5. The van der Waals surface area contributed by atoms with Crippen molar-refractivity contribution in [1.82, 2.24) is 15.1 Å². The number of aromatic nitrogens is 2. The highest BCUT2D eigenvalue weighted by atomic mass is 35.5. The fourth-order valence-corrected chi connectivity index (χ4v) is 4.68. The van der Waals surface area contributed by atoms with Gasteiger partial charge in [-0.2, -0.15) is 27.1 Å². The zero-order valence-corrected chi connectivity index (χ0v) is 19.9. The second-order valence-electron chi connectivity index (χ2n) is 8.37. The van der Waals surface area contributed by atoms with Crippen LogP contribution < -0.4 is 10.6 Å². The Kier molecular flexibility index (Phi) is 6.89. The van der Waals surface area contributed by atoms with Gasteiger partial charge in [0, 0.05) is 36.3 Å². The summed E-state index contributed by atoms with van der Waals surface area (Å²) in [5, 5.41) is 17.0. The van der Waals surface area contributed by atoms with Gasteiger partial charge in [-0.25, -0.2) is 0 Å². The lowest BCUT2D eigenvalue weighted by Gasteiger charge is -2.18. The van der Waals surface area contributed by atoms with E-state index in [-0.39, 0.29) is 44.1 Å². The van der Waals surface area contributed by atoms with E-state index in [9.17, 15) is 26.7 Å². The molecule has 1 amide bonds. The van der Waals surface area contributed by atoms with Crippen molar-refractivity contribution in [2.45, 2.75) is 54.0 Å². The minimum Gasteiger partial charge on any atom is -0.349 e. The van der Waals surface area contributed by atoms with Crippen LogP contribution in [0.1, 0.15) is 47.3 Å². The number of hydrogen-bond acceptors (Lipinski definition) is 5. The highest BCUT2D eigenvalue weighted by Crippen LogP contribution is 2.51. The van der Waals surface area contributed by atoms with Gasteiger partial charge >= 0.3 is 12.1 Å². The standard InChI is InChI=1S/C22H21ClF5N5OS/c1-33-19(17(35-14-5-6-14)18(32-33)21(24,25)22(26,27)28)30-10-12(9-29)11-2-7-16(23)15(8-11)20(34)31-13-3-4-13/h2,7-10,13-14,29-30H,3-6H2,1H3,(H,31,34)/b12-10+,29-9?. The molecule has 0 bridgehead atoms. The van der Waals surface area contributed by atoms with Crippen molar-refractivity contribution < 1.29 is 26.7 Å². The van der Waals surface area contributed by atoms with Gasteiger partial charge in [-0.05, 0) is 43.4 Å². The molecule has 13 heteroatoms. The maximum absolute atomic E-state index is 14.2. The van der Waals surface area contributed by atoms with Crippen molar-refractivity contribution in [3.05, 3.63) is 46.2 Å². The van der Waals surface area contributed by atoms with E-state index in [1.54, 1.807) is 6.07 Å². The minimum atomic E-state index is -5.80. The molecule has 0 aliphatic heterocycles. The molecule has 35 heavy (non-hydrogen) atoms. The van der Waals surface area contributed by atoms with Gasteiger partial charge in [0.2, 0.25) is 0 Å². The SMILES string of the molecule is Cn1nc(C(F)(F)C(F)(F)F)c(SC2CC2)c1N/C=C(\C=N)c1ccc(Cl)c(C(=O)NC2CC2)c1. The number of anilines is 1. The van der Waals surface area contributed by atoms with Crippen LogP contribution in [0.2, 0.25) is 5.02 Å². The number of aryl methyl sites for hydroxylation is 1. The van der Waals surface area contributed by atoms with E-state index >= 15 is 0 Å². The Hall–Kier alpha value is -2.60. The Bertz CT molecular complexity index is 1190. The molecule has 2 fully saturated rings. The number of alkyl halides is 5. The highest BCUT2D eigenvalue weighted by Gasteiger charge is 2.62. The third-order valence-electron chi connectivity index (χ3n) is 5.44. The number of carbonyl (C=O) groups is 1. The van der Waals surface area contributed by atoms with E-state index in [0.29, 0.717) is 18.4 Å². The zero-order valence-electron chi connectivity index (χ0n) is 18.3. The molecule has 188 valence electrons. The molecule has 4 rings (SSSR count). The number of halogens is 6. The monoisotopic (exact) mass is 533 g/mol. The van der Waals surface area contributed by atoms with Crippen molar-refractivity contribution in [3.8, 4) is 0 Å². The van der Waals surface area contributed by atoms with Gasteiger partial charge in [-0.15, -0.1) is 11.8 Å². The number of benzene rings is 1. The largest absolute Gasteiger partial charge is 0.459 e. The lowest BCUT2D eigenvalue weighted by atomic mass is 10.0. The fourth-order valence-electron chi connectivity index (χ4n) is 3.19. The lowest BCUT2D eigenvalue weighted by molar-refractivity contribution is -0.292. The molecule has 0 atom stereocenters. The van der Waals surface area contributed by atoms with Crippen molar-refractivity contribution in [1.29, 1.82) is 5.41 Å². The molecule has 2 aliphatic carbocycles. The van der Waals surface area contributed by atoms with Crippen molar-refractivity contribution in [3.63, 3.8) is 0 Å². The third kappa shape index (κ3) is 5.48. The van der Waals surface area contributed by atoms with Gasteiger partial charge in [0.1, 0.15) is 5.82 Å². The first-order valence-electron chi connectivity index (χ1n) is 10.7. The summed E-state index contributed by atoms with van der Waals surface area (Å²) in [5.74, 6) is -5.54. The summed E-state index contributed by atoms with van der Waals surface area (Å²) in [5.41, 5.74) is -0.476. The van der Waals surface area contributed by atoms with Crippen LogP contribution in [0.3, 0.4) is 0 Å². The minimum absolute atomic E-state index is 0.0548. The number of nitrogens with one attached hydrogen (secondary N) is 3. The number of hydrogen-bond donors (Lipinski definition) is 3. The van der Waals surface area contributed by atoms with Crippen LogP contribution in [0.5, 0.6) is 0 Å². The summed E-state index contributed by atoms with van der Waals surface area (Å²) in [7, 11) is 1.26. The van der Waals surface area contributed by atoms with E-state index in [1.165, 1.54) is 25.4 Å². The molecule has 2 aliphatic rings. The van der Waals surface area contributed by atoms with Crippen LogP contribution in [-0.2, 0) is 13.0 Å². The lowest BCUT2D eigenvalue weighted by Crippen LogP contribution is -2.34. The normalized spacial score (nSPS) is 16.8. The number of amides is 1. The topological polar surface area (TPSA) is 82.8 Å². The van der Waals surface area contributed by atoms with Gasteiger partial charge in [0.05, 0.1) is 15.5 Å². The summed E-state index contributed by atoms with van der Waals surface area (Å²) in [6.45, 7) is 0. The van der Waals surface area contributed by atoms with Crippen molar-refractivity contribution in [2.24, 2.45) is 7.05 Å². The second kappa shape index (κ2) is 9.45. The van der Waals surface area contributed by atoms with Crippen LogP contribution in [0.25, 0.3) is 5.57 Å². The van der Waals surface area contributed by atoms with Crippen LogP contribution in [0, 0.1) is 5.41 Å². The molecular formula is C22H21ClF5N5OS. The molecule has 0 spiro atoms. The van der Waals surface area contributed by atoms with E-state index in [4.69, 9.17) is 17.0 Å². The Morgan fingerprint density at radius 2 is 1.91 bits per heavy atom. The molecule has 1 heterocycles. The predicted molar refractivity (Wildman–Crippen MR) is 124 cm³/mol. The summed E-state index contributed by atoms with van der Waals surface area (Å²) in [4.78, 5) is 12.2. The number of thioether (sulfide) groups is 1. The Balaban J connectivity index is 1.66. The summed E-state index contributed by atoms with van der Waals surface area (Å²) >= 11 is 7.08. The van der Waals surface area contributed by atoms with Crippen LogP contribution in [-0.4, -0.2) is 39.4 Å². The molecule has 0 unspecified atom stereocenters. The molecule has 2 saturated carbocycles. The Morgan fingerprint density at radius 3 is 2.49 bits per heavy atom. The van der Waals surface area contributed by atoms with Gasteiger partial charge in [-0.1, -0.05) is 17.7 Å². The van der Waals surface area contributed by atoms with Gasteiger partial charge in [0.25, 0.3) is 5.91 Å². The second-order valence-corrected chi connectivity index (χ2v) is 10.1. The number of carbonyl (C=O) groups excluding carboxylic acids is 1. The summed E-state index contributed by atoms with van der Waals surface area (Å²) in [6, 6.07) is 4.67. The first-order valence-corrected chi connectivity index (χ1v) is 11.9. The first-order chi connectivity index (χ1) is 16.4. The molecular weight excluding hydrogens is 513 g/mol. The summed E-state index contributed by atoms with van der Waals surface area (Å²) in [6.07, 6.45) is -0.355. The zero-order chi connectivity index (χ0) is 25.5. The fraction of sp³-hybridized carbons (Fsp3) is 0.409. The Labute approximate surface area is 206 Å². The average Bonchev–Trinajstić information content (AvgIpc) is 3.70. The maximum atomic E-state index is 14.2. The molecule has 1 aromatic carbocycles. The molecule has 6 nitrogen and oxygen atoms in total. The summed E-state index contributed by atoms with van der Waals surface area (Å²) < 4.78 is 68.6. The molecule has 1 aromatic heterocycles. The Morgan fingerprint density at radius 1 is 1.23 bits per heavy atom. The predicted octanol–water partition coefficient (Wildman–Crippen LogP) is 5.98. The van der Waals surface area contributed by atoms with Gasteiger partial charge in [0.15, 0.2) is 5.69 Å². The van der Waals surface area contributed by atoms with Crippen molar-refractivity contribution >= 4 is 46.9 Å². The van der Waals surface area contributed by atoms with E-state index in [0.717, 1.165) is 35.5 Å². The van der Waals surface area contributed by atoms with E-state index in [2.05, 4.69) is 15.7 Å². The van der Waals surface area contributed by atoms with Crippen molar-refractivity contribution in [2.75, 3.05) is 5.32 Å². The van der Waals surface area contributed by atoms with Crippen LogP contribution in [0.15, 0.2) is 29.3 Å². The van der Waals surface area contributed by atoms with Gasteiger partial charge in [-0.3, -0.25) is 9.48 Å². The quantitative estimate of drug-likeness (QED) is 0.274. The third-order valence-corrected chi connectivity index (χ3v) is 7.20. The maximum Gasteiger partial charge on any atom is 0.459 e. The molecule has 0 saturated heterocycles. The van der Waals surface area contributed by atoms with Gasteiger partial charge < -0.3 is 16.0 Å². The number of allylic oxidation sites excluding steroid dienone is 1. The van der Waals surface area contributed by atoms with Crippen LogP contribution in [0.4, 0.5) is 27.8 Å². The highest BCUT2D eigenvalue weighted by molar-refractivity contribution is 8.00. The van der Waals surface area contributed by atoms with Crippen LogP contribution >= 0.6 is 23.4 Å². The molecule has 3 N–H and O–H groups in total. The smallest absolute Gasteiger partial charge is 0.349 e. The number of rotatable bonds is 9. The van der Waals surface area contributed by atoms with E-state index in [1.807, 2.05) is 0 Å². The number of nitrogens with zero attached hydrogens (tertiary/aromatic N) is 2. The average molecular weight is 534 g/mol. The molecule has 2 aromatic rings. The molecule has 0 radical (unpaired) electrons.